The van der Waals surface area contributed by atoms with Gasteiger partial charge in [-0.3, -0.25) is 0 Å². The number of benzene rings is 1. The van der Waals surface area contributed by atoms with Crippen molar-refractivity contribution in [2.75, 3.05) is 7.11 Å². The third-order valence-corrected chi connectivity index (χ3v) is 2.69. The van der Waals surface area contributed by atoms with Crippen LogP contribution in [-0.4, -0.2) is 13.1 Å². The van der Waals surface area contributed by atoms with Crippen LogP contribution in [0, 0.1) is 0 Å². The molecule has 96 valence electrons. The van der Waals surface area contributed by atoms with Gasteiger partial charge in [0.25, 0.3) is 0 Å². The SMILES string of the molecule is C=C(/C=C/c1ccc(C(=O)OC)cc1)CCCC. The summed E-state index contributed by atoms with van der Waals surface area (Å²) >= 11 is 0. The summed E-state index contributed by atoms with van der Waals surface area (Å²) in [5, 5.41) is 0. The third kappa shape index (κ3) is 4.58. The minimum absolute atomic E-state index is 0.308. The molecule has 0 aliphatic rings. The van der Waals surface area contributed by atoms with E-state index in [1.807, 2.05) is 24.3 Å². The number of methoxy groups -OCH3 is 1. The van der Waals surface area contributed by atoms with Crippen LogP contribution < -0.4 is 0 Å². The maximum atomic E-state index is 11.3. The molecular weight excluding hydrogens is 224 g/mol. The van der Waals surface area contributed by atoms with Crippen LogP contribution in [-0.2, 0) is 4.74 Å². The first-order valence-corrected chi connectivity index (χ1v) is 6.21. The smallest absolute Gasteiger partial charge is 0.337 e. The second kappa shape index (κ2) is 7.49. The van der Waals surface area contributed by atoms with Gasteiger partial charge in [0.15, 0.2) is 0 Å². The monoisotopic (exact) mass is 244 g/mol. The summed E-state index contributed by atoms with van der Waals surface area (Å²) in [5.74, 6) is -0.308. The summed E-state index contributed by atoms with van der Waals surface area (Å²) in [7, 11) is 1.38. The third-order valence-electron chi connectivity index (χ3n) is 2.69. The van der Waals surface area contributed by atoms with Crippen LogP contribution in [0.15, 0.2) is 42.5 Å². The van der Waals surface area contributed by atoms with Crippen molar-refractivity contribution < 1.29 is 9.53 Å². The molecule has 0 heterocycles. The molecule has 0 aromatic heterocycles. The van der Waals surface area contributed by atoms with Gasteiger partial charge in [0, 0.05) is 0 Å². The van der Waals surface area contributed by atoms with Gasteiger partial charge < -0.3 is 4.74 Å². The number of carbonyl (C=O) groups is 1. The maximum Gasteiger partial charge on any atom is 0.337 e. The number of hydrogen-bond donors (Lipinski definition) is 0. The summed E-state index contributed by atoms with van der Waals surface area (Å²) in [6.07, 6.45) is 7.43. The molecule has 0 radical (unpaired) electrons. The van der Waals surface area contributed by atoms with Crippen molar-refractivity contribution >= 4 is 12.0 Å². The van der Waals surface area contributed by atoms with Crippen molar-refractivity contribution in [3.63, 3.8) is 0 Å². The van der Waals surface area contributed by atoms with E-state index < -0.39 is 0 Å². The predicted molar refractivity (Wildman–Crippen MR) is 75.5 cm³/mol. The standard InChI is InChI=1S/C16H20O2/c1-4-5-6-13(2)7-8-14-9-11-15(12-10-14)16(17)18-3/h7-12H,2,4-6H2,1,3H3/b8-7+. The van der Waals surface area contributed by atoms with Crippen LogP contribution in [0.4, 0.5) is 0 Å². The summed E-state index contributed by atoms with van der Waals surface area (Å²) in [5.41, 5.74) is 2.76. The Morgan fingerprint density at radius 3 is 2.56 bits per heavy atom. The number of carbonyl (C=O) groups excluding carboxylic acids is 1. The molecule has 0 bridgehead atoms. The molecule has 1 aromatic rings. The highest BCUT2D eigenvalue weighted by atomic mass is 16.5. The highest BCUT2D eigenvalue weighted by Crippen LogP contribution is 2.11. The summed E-state index contributed by atoms with van der Waals surface area (Å²) in [6.45, 7) is 6.17. The van der Waals surface area contributed by atoms with Crippen LogP contribution in [0.3, 0.4) is 0 Å². The molecule has 0 N–H and O–H groups in total. The lowest BCUT2D eigenvalue weighted by Crippen LogP contribution is -2.00. The van der Waals surface area contributed by atoms with Crippen molar-refractivity contribution in [2.24, 2.45) is 0 Å². The molecule has 2 heteroatoms. The number of hydrogen-bond acceptors (Lipinski definition) is 2. The van der Waals surface area contributed by atoms with E-state index in [0.29, 0.717) is 5.56 Å². The van der Waals surface area contributed by atoms with E-state index in [1.165, 1.54) is 20.0 Å². The Labute approximate surface area is 109 Å². The molecule has 18 heavy (non-hydrogen) atoms. The van der Waals surface area contributed by atoms with Crippen LogP contribution in [0.5, 0.6) is 0 Å². The van der Waals surface area contributed by atoms with E-state index in [1.54, 1.807) is 12.1 Å². The molecule has 1 aromatic carbocycles. The molecule has 0 fully saturated rings. The fourth-order valence-corrected chi connectivity index (χ4v) is 1.55. The van der Waals surface area contributed by atoms with Crippen molar-refractivity contribution in [3.05, 3.63) is 53.6 Å². The fourth-order valence-electron chi connectivity index (χ4n) is 1.55. The summed E-state index contributed by atoms with van der Waals surface area (Å²) < 4.78 is 4.65. The number of allylic oxidation sites excluding steroid dienone is 2. The molecule has 0 atom stereocenters. The van der Waals surface area contributed by atoms with Crippen molar-refractivity contribution in [3.8, 4) is 0 Å². The van der Waals surface area contributed by atoms with Crippen LogP contribution in [0.25, 0.3) is 6.08 Å². The Morgan fingerprint density at radius 2 is 2.00 bits per heavy atom. The number of rotatable bonds is 6. The Kier molecular flexibility index (Phi) is 5.92. The van der Waals surface area contributed by atoms with Gasteiger partial charge in [0.1, 0.15) is 0 Å². The average molecular weight is 244 g/mol. The molecular formula is C16H20O2. The maximum absolute atomic E-state index is 11.3. The minimum Gasteiger partial charge on any atom is -0.465 e. The first-order valence-electron chi connectivity index (χ1n) is 6.21. The first kappa shape index (κ1) is 14.2. The lowest BCUT2D eigenvalue weighted by Gasteiger charge is -2.00. The van der Waals surface area contributed by atoms with E-state index in [-0.39, 0.29) is 5.97 Å². The van der Waals surface area contributed by atoms with Crippen LogP contribution >= 0.6 is 0 Å². The number of unbranched alkanes of at least 4 members (excludes halogenated alkanes) is 1. The zero-order valence-corrected chi connectivity index (χ0v) is 11.1. The van der Waals surface area contributed by atoms with E-state index >= 15 is 0 Å². The van der Waals surface area contributed by atoms with Gasteiger partial charge in [-0.05, 0) is 30.5 Å². The Balaban J connectivity index is 2.60. The second-order valence-electron chi connectivity index (χ2n) is 4.21. The van der Waals surface area contributed by atoms with Crippen molar-refractivity contribution in [2.45, 2.75) is 26.2 Å². The normalized spacial score (nSPS) is 10.6. The molecule has 0 amide bonds. The largest absolute Gasteiger partial charge is 0.465 e. The topological polar surface area (TPSA) is 26.3 Å². The molecule has 0 aliphatic carbocycles. The van der Waals surface area contributed by atoms with E-state index in [2.05, 4.69) is 18.2 Å². The molecule has 0 saturated carbocycles. The van der Waals surface area contributed by atoms with E-state index in [4.69, 9.17) is 0 Å². The molecule has 2 nitrogen and oxygen atoms in total. The Bertz CT molecular complexity index is 427. The summed E-state index contributed by atoms with van der Waals surface area (Å²) in [4.78, 5) is 11.3. The lowest BCUT2D eigenvalue weighted by atomic mass is 10.1. The van der Waals surface area contributed by atoms with Gasteiger partial charge in [-0.1, -0.05) is 49.8 Å². The second-order valence-corrected chi connectivity index (χ2v) is 4.21. The predicted octanol–water partition coefficient (Wildman–Crippen LogP) is 4.23. The van der Waals surface area contributed by atoms with Gasteiger partial charge in [0.2, 0.25) is 0 Å². The van der Waals surface area contributed by atoms with Gasteiger partial charge in [-0.2, -0.15) is 0 Å². The molecule has 0 saturated heterocycles. The van der Waals surface area contributed by atoms with E-state index in [0.717, 1.165) is 17.6 Å². The molecule has 0 unspecified atom stereocenters. The number of esters is 1. The van der Waals surface area contributed by atoms with Gasteiger partial charge in [0.05, 0.1) is 12.7 Å². The van der Waals surface area contributed by atoms with Crippen LogP contribution in [0.2, 0.25) is 0 Å². The average Bonchev–Trinajstić information content (AvgIpc) is 2.42. The lowest BCUT2D eigenvalue weighted by molar-refractivity contribution is 0.0601. The molecule has 0 spiro atoms. The van der Waals surface area contributed by atoms with E-state index in [9.17, 15) is 4.79 Å². The minimum atomic E-state index is -0.308. The Morgan fingerprint density at radius 1 is 1.33 bits per heavy atom. The Hall–Kier alpha value is -1.83. The van der Waals surface area contributed by atoms with Crippen molar-refractivity contribution in [1.29, 1.82) is 0 Å². The fraction of sp³-hybridized carbons (Fsp3) is 0.312. The van der Waals surface area contributed by atoms with Gasteiger partial charge >= 0.3 is 5.97 Å². The van der Waals surface area contributed by atoms with Crippen LogP contribution in [0.1, 0.15) is 42.1 Å². The van der Waals surface area contributed by atoms with Gasteiger partial charge in [-0.25, -0.2) is 4.79 Å². The highest BCUT2D eigenvalue weighted by molar-refractivity contribution is 5.89. The van der Waals surface area contributed by atoms with Gasteiger partial charge in [-0.15, -0.1) is 0 Å². The quantitative estimate of drug-likeness (QED) is 0.553. The number of ether oxygens (including phenoxy) is 1. The zero-order valence-electron chi connectivity index (χ0n) is 11.1. The molecule has 1 rings (SSSR count). The molecule has 0 aliphatic heterocycles. The first-order chi connectivity index (χ1) is 8.67. The summed E-state index contributed by atoms with van der Waals surface area (Å²) in [6, 6.07) is 7.33. The highest BCUT2D eigenvalue weighted by Gasteiger charge is 2.02. The zero-order chi connectivity index (χ0) is 13.4. The van der Waals surface area contributed by atoms with Crippen molar-refractivity contribution in [1.82, 2.24) is 0 Å².